The zero-order valence-electron chi connectivity index (χ0n) is 10.8. The maximum atomic E-state index is 11.0. The van der Waals surface area contributed by atoms with Crippen molar-refractivity contribution in [3.63, 3.8) is 0 Å². The molecule has 0 bridgehead atoms. The summed E-state index contributed by atoms with van der Waals surface area (Å²) >= 11 is 0. The Kier molecular flexibility index (Phi) is 4.36. The fraction of sp³-hybridized carbons (Fsp3) is 0.267. The van der Waals surface area contributed by atoms with Gasteiger partial charge >= 0.3 is 5.97 Å². The maximum Gasteiger partial charge on any atom is 0.339 e. The first-order valence-electron chi connectivity index (χ1n) is 6.30. The van der Waals surface area contributed by atoms with Crippen LogP contribution in [0.25, 0.3) is 0 Å². The molecule has 2 rings (SSSR count). The van der Waals surface area contributed by atoms with Crippen LogP contribution >= 0.6 is 0 Å². The molecule has 0 fully saturated rings. The number of carbonyl (C=O) groups is 1. The topological polar surface area (TPSA) is 62.5 Å². The van der Waals surface area contributed by atoms with Gasteiger partial charge in [-0.15, -0.1) is 0 Å². The fourth-order valence-corrected chi connectivity index (χ4v) is 2.07. The van der Waals surface area contributed by atoms with Gasteiger partial charge in [0.05, 0.1) is 12.8 Å². The van der Waals surface area contributed by atoms with Crippen molar-refractivity contribution in [2.45, 2.75) is 25.9 Å². The van der Waals surface area contributed by atoms with Crippen LogP contribution in [-0.4, -0.2) is 11.1 Å². The minimum absolute atomic E-state index is 0.188. The molecule has 19 heavy (non-hydrogen) atoms. The van der Waals surface area contributed by atoms with Crippen molar-refractivity contribution in [1.29, 1.82) is 0 Å². The van der Waals surface area contributed by atoms with E-state index in [0.29, 0.717) is 12.3 Å². The molecule has 1 atom stereocenters. The molecule has 4 heteroatoms. The van der Waals surface area contributed by atoms with E-state index in [2.05, 4.69) is 24.4 Å². The third-order valence-corrected chi connectivity index (χ3v) is 3.10. The van der Waals surface area contributed by atoms with Crippen molar-refractivity contribution < 1.29 is 14.3 Å². The first kappa shape index (κ1) is 13.4. The minimum atomic E-state index is -0.960. The molecule has 4 nitrogen and oxygen atoms in total. The average molecular weight is 259 g/mol. The number of benzene rings is 1. The Labute approximate surface area is 112 Å². The first-order chi connectivity index (χ1) is 9.22. The lowest BCUT2D eigenvalue weighted by Crippen LogP contribution is -2.21. The van der Waals surface area contributed by atoms with Crippen molar-refractivity contribution in [2.75, 3.05) is 0 Å². The van der Waals surface area contributed by atoms with E-state index in [9.17, 15) is 4.79 Å². The van der Waals surface area contributed by atoms with E-state index >= 15 is 0 Å². The van der Waals surface area contributed by atoms with E-state index in [4.69, 9.17) is 9.52 Å². The van der Waals surface area contributed by atoms with Gasteiger partial charge in [-0.2, -0.15) is 0 Å². The molecule has 0 spiro atoms. The second-order valence-electron chi connectivity index (χ2n) is 4.32. The van der Waals surface area contributed by atoms with Gasteiger partial charge in [0.25, 0.3) is 0 Å². The Hall–Kier alpha value is -2.07. The van der Waals surface area contributed by atoms with Gasteiger partial charge in [0.1, 0.15) is 11.3 Å². The number of carboxylic acids is 1. The molecule has 0 amide bonds. The van der Waals surface area contributed by atoms with Gasteiger partial charge in [-0.3, -0.25) is 0 Å². The summed E-state index contributed by atoms with van der Waals surface area (Å²) in [6.45, 7) is 2.49. The highest BCUT2D eigenvalue weighted by Crippen LogP contribution is 2.18. The summed E-state index contributed by atoms with van der Waals surface area (Å²) in [6.07, 6.45) is 2.33. The molecule has 100 valence electrons. The Morgan fingerprint density at radius 3 is 2.68 bits per heavy atom. The summed E-state index contributed by atoms with van der Waals surface area (Å²) in [4.78, 5) is 11.0. The Bertz CT molecular complexity index is 533. The van der Waals surface area contributed by atoms with Gasteiger partial charge in [-0.05, 0) is 18.1 Å². The summed E-state index contributed by atoms with van der Waals surface area (Å²) < 4.78 is 5.21. The third kappa shape index (κ3) is 3.23. The quantitative estimate of drug-likeness (QED) is 0.836. The Morgan fingerprint density at radius 1 is 1.32 bits per heavy atom. The summed E-state index contributed by atoms with van der Waals surface area (Å²) in [7, 11) is 0. The van der Waals surface area contributed by atoms with Crippen molar-refractivity contribution in [1.82, 2.24) is 5.32 Å². The van der Waals surface area contributed by atoms with Crippen LogP contribution in [0.5, 0.6) is 0 Å². The smallest absolute Gasteiger partial charge is 0.339 e. The molecule has 0 radical (unpaired) electrons. The van der Waals surface area contributed by atoms with Crippen LogP contribution in [0, 0.1) is 0 Å². The van der Waals surface area contributed by atoms with E-state index in [0.717, 1.165) is 6.42 Å². The van der Waals surface area contributed by atoms with Crippen molar-refractivity contribution in [2.24, 2.45) is 0 Å². The predicted molar refractivity (Wildman–Crippen MR) is 72.0 cm³/mol. The molecule has 2 N–H and O–H groups in total. The average Bonchev–Trinajstić information content (AvgIpc) is 2.89. The van der Waals surface area contributed by atoms with Crippen LogP contribution in [0.2, 0.25) is 0 Å². The summed E-state index contributed by atoms with van der Waals surface area (Å²) in [6, 6.07) is 11.7. The predicted octanol–water partition coefficient (Wildman–Crippen LogP) is 3.22. The normalized spacial score (nSPS) is 12.3. The molecule has 0 aliphatic heterocycles. The van der Waals surface area contributed by atoms with E-state index in [1.54, 1.807) is 0 Å². The number of aromatic carboxylic acids is 1. The Morgan fingerprint density at radius 2 is 2.05 bits per heavy atom. The second-order valence-corrected chi connectivity index (χ2v) is 4.32. The molecule has 1 aromatic carbocycles. The molecular formula is C15H17NO3. The van der Waals surface area contributed by atoms with Gasteiger partial charge in [0, 0.05) is 6.04 Å². The monoisotopic (exact) mass is 259 g/mol. The molecule has 1 heterocycles. The maximum absolute atomic E-state index is 11.0. The Balaban J connectivity index is 2.04. The van der Waals surface area contributed by atoms with E-state index in [-0.39, 0.29) is 11.6 Å². The zero-order valence-corrected chi connectivity index (χ0v) is 10.8. The van der Waals surface area contributed by atoms with Gasteiger partial charge in [-0.25, -0.2) is 4.79 Å². The van der Waals surface area contributed by atoms with Crippen LogP contribution in [0.3, 0.4) is 0 Å². The third-order valence-electron chi connectivity index (χ3n) is 3.10. The van der Waals surface area contributed by atoms with Crippen LogP contribution in [-0.2, 0) is 6.54 Å². The van der Waals surface area contributed by atoms with Crippen LogP contribution < -0.4 is 5.32 Å². The van der Waals surface area contributed by atoms with Crippen molar-refractivity contribution in [3.05, 3.63) is 59.5 Å². The van der Waals surface area contributed by atoms with Crippen LogP contribution in [0.15, 0.2) is 47.1 Å². The van der Waals surface area contributed by atoms with Crippen molar-refractivity contribution in [3.8, 4) is 0 Å². The van der Waals surface area contributed by atoms with Crippen LogP contribution in [0.4, 0.5) is 0 Å². The second kappa shape index (κ2) is 6.20. The van der Waals surface area contributed by atoms with Crippen molar-refractivity contribution >= 4 is 5.97 Å². The highest BCUT2D eigenvalue weighted by molar-refractivity contribution is 5.88. The number of nitrogens with one attached hydrogen (secondary N) is 1. The SMILES string of the molecule is CCC(NCc1occc1C(=O)O)c1ccccc1. The van der Waals surface area contributed by atoms with E-state index in [1.165, 1.54) is 17.9 Å². The molecular weight excluding hydrogens is 242 g/mol. The fourth-order valence-electron chi connectivity index (χ4n) is 2.07. The summed E-state index contributed by atoms with van der Waals surface area (Å²) in [5.74, 6) is -0.500. The lowest BCUT2D eigenvalue weighted by molar-refractivity contribution is 0.0694. The summed E-state index contributed by atoms with van der Waals surface area (Å²) in [5.41, 5.74) is 1.41. The molecule has 2 aromatic rings. The highest BCUT2D eigenvalue weighted by atomic mass is 16.4. The number of rotatable bonds is 6. The largest absolute Gasteiger partial charge is 0.478 e. The molecule has 0 saturated carbocycles. The molecule has 1 aromatic heterocycles. The minimum Gasteiger partial charge on any atom is -0.478 e. The van der Waals surface area contributed by atoms with E-state index in [1.807, 2.05) is 18.2 Å². The summed E-state index contributed by atoms with van der Waals surface area (Å²) in [5, 5.41) is 12.3. The molecule has 0 saturated heterocycles. The lowest BCUT2D eigenvalue weighted by Gasteiger charge is -2.16. The number of hydrogen-bond donors (Lipinski definition) is 2. The molecule has 0 aliphatic rings. The molecule has 0 aliphatic carbocycles. The van der Waals surface area contributed by atoms with Gasteiger partial charge in [0.15, 0.2) is 0 Å². The molecule has 1 unspecified atom stereocenters. The van der Waals surface area contributed by atoms with Crippen LogP contribution in [0.1, 0.15) is 41.1 Å². The van der Waals surface area contributed by atoms with Gasteiger partial charge in [0.2, 0.25) is 0 Å². The van der Waals surface area contributed by atoms with Gasteiger partial charge in [-0.1, -0.05) is 37.3 Å². The van der Waals surface area contributed by atoms with Gasteiger partial charge < -0.3 is 14.8 Å². The lowest BCUT2D eigenvalue weighted by atomic mass is 10.0. The number of furan rings is 1. The number of carboxylic acid groups (broad SMARTS) is 1. The zero-order chi connectivity index (χ0) is 13.7. The highest BCUT2D eigenvalue weighted by Gasteiger charge is 2.15. The number of hydrogen-bond acceptors (Lipinski definition) is 3. The standard InChI is InChI=1S/C15H17NO3/c1-2-13(11-6-4-3-5-7-11)16-10-14-12(15(17)18)8-9-19-14/h3-9,13,16H,2,10H2,1H3,(H,17,18). The van der Waals surface area contributed by atoms with E-state index < -0.39 is 5.97 Å². The first-order valence-corrected chi connectivity index (χ1v) is 6.30.